The number of fused-ring (bicyclic) bond motifs is 3. The number of carbonyl (C=O) groups is 1. The van der Waals surface area contributed by atoms with E-state index in [9.17, 15) is 9.59 Å². The molecule has 140 valence electrons. The van der Waals surface area contributed by atoms with Crippen LogP contribution >= 0.6 is 23.6 Å². The second-order valence-corrected chi connectivity index (χ2v) is 8.84. The number of hydrogen-bond acceptors (Lipinski definition) is 5. The molecule has 1 saturated carbocycles. The van der Waals surface area contributed by atoms with Crippen molar-refractivity contribution >= 4 is 39.9 Å². The molecule has 2 N–H and O–H groups in total. The maximum absolute atomic E-state index is 13.0. The van der Waals surface area contributed by atoms with E-state index >= 15 is 0 Å². The molecule has 1 amide bonds. The van der Waals surface area contributed by atoms with Gasteiger partial charge in [0.05, 0.1) is 12.0 Å². The number of rotatable bonds is 2. The summed E-state index contributed by atoms with van der Waals surface area (Å²) in [5.74, 6) is 0. The van der Waals surface area contributed by atoms with Gasteiger partial charge in [0, 0.05) is 4.88 Å². The normalized spacial score (nSPS) is 18.7. The molecule has 26 heavy (non-hydrogen) atoms. The highest BCUT2D eigenvalue weighted by molar-refractivity contribution is 7.71. The van der Waals surface area contributed by atoms with Crippen LogP contribution in [0.15, 0.2) is 4.79 Å². The van der Waals surface area contributed by atoms with Crippen molar-refractivity contribution in [1.82, 2.24) is 9.66 Å². The summed E-state index contributed by atoms with van der Waals surface area (Å²) >= 11 is 6.93. The minimum absolute atomic E-state index is 0.182. The average molecular weight is 394 g/mol. The molecule has 0 unspecified atom stereocenters. The van der Waals surface area contributed by atoms with E-state index in [0.29, 0.717) is 10.8 Å². The van der Waals surface area contributed by atoms with Gasteiger partial charge in [0.2, 0.25) is 4.77 Å². The number of hydrogen-bond donors (Lipinski definition) is 2. The molecule has 0 aromatic carbocycles. The maximum atomic E-state index is 13.0. The number of aryl methyl sites for hydroxylation is 1. The molecule has 8 heteroatoms. The Morgan fingerprint density at radius 2 is 2.12 bits per heavy atom. The summed E-state index contributed by atoms with van der Waals surface area (Å²) < 4.78 is 6.14. The topological polar surface area (TPSA) is 76.1 Å². The fraction of sp³-hybridized carbons (Fsp3) is 0.611. The summed E-state index contributed by atoms with van der Waals surface area (Å²) in [6, 6.07) is 0. The molecule has 0 radical (unpaired) electrons. The summed E-state index contributed by atoms with van der Waals surface area (Å²) in [5, 5.41) is 0.668. The Morgan fingerprint density at radius 1 is 1.35 bits per heavy atom. The number of thiophene rings is 1. The minimum Gasteiger partial charge on any atom is -0.449 e. The van der Waals surface area contributed by atoms with Crippen LogP contribution in [0.4, 0.5) is 4.79 Å². The van der Waals surface area contributed by atoms with Crippen LogP contribution in [-0.4, -0.2) is 22.4 Å². The second kappa shape index (κ2) is 6.81. The smallest absolute Gasteiger partial charge is 0.426 e. The van der Waals surface area contributed by atoms with Gasteiger partial charge in [-0.1, -0.05) is 19.3 Å². The lowest BCUT2D eigenvalue weighted by molar-refractivity contribution is 0.164. The quantitative estimate of drug-likeness (QED) is 0.748. The Balaban J connectivity index is 1.76. The number of aromatic nitrogens is 2. The van der Waals surface area contributed by atoms with Crippen molar-refractivity contribution in [2.24, 2.45) is 5.41 Å². The first-order valence-corrected chi connectivity index (χ1v) is 10.5. The molecule has 0 bridgehead atoms. The van der Waals surface area contributed by atoms with Gasteiger partial charge in [-0.3, -0.25) is 4.79 Å². The highest BCUT2D eigenvalue weighted by Crippen LogP contribution is 2.49. The first-order chi connectivity index (χ1) is 12.5. The number of carbonyl (C=O) groups excluding carboxylic acids is 1. The highest BCUT2D eigenvalue weighted by atomic mass is 32.1. The molecule has 0 atom stereocenters. The first kappa shape index (κ1) is 17.7. The number of nitrogens with zero attached hydrogens (tertiary/aromatic N) is 1. The van der Waals surface area contributed by atoms with E-state index in [0.717, 1.165) is 34.3 Å². The number of ether oxygens (including phenoxy) is 1. The van der Waals surface area contributed by atoms with Crippen LogP contribution in [0.3, 0.4) is 0 Å². The molecule has 2 aromatic heterocycles. The SMILES string of the molecule is CCOC(=O)Nn1c(=S)[nH]c2sc3c(c2c1=O)CCC1(CCCCC1)C3. The fourth-order valence-electron chi connectivity index (χ4n) is 4.49. The van der Waals surface area contributed by atoms with Gasteiger partial charge in [0.15, 0.2) is 0 Å². The van der Waals surface area contributed by atoms with Gasteiger partial charge in [-0.05, 0) is 62.2 Å². The van der Waals surface area contributed by atoms with Crippen molar-refractivity contribution in [3.8, 4) is 0 Å². The molecule has 1 fully saturated rings. The highest BCUT2D eigenvalue weighted by Gasteiger charge is 2.37. The largest absolute Gasteiger partial charge is 0.449 e. The van der Waals surface area contributed by atoms with E-state index in [4.69, 9.17) is 17.0 Å². The standard InChI is InChI=1S/C18H23N3O3S2/c1-2-24-17(23)20-21-15(22)13-11-6-9-18(7-4-3-5-8-18)10-12(11)26-14(13)19-16(21)25/h2-10H2,1H3,(H,19,25)(H,20,23). The predicted molar refractivity (Wildman–Crippen MR) is 105 cm³/mol. The monoisotopic (exact) mass is 393 g/mol. The molecule has 0 saturated heterocycles. The molecular formula is C18H23N3O3S2. The molecule has 1 spiro atoms. The van der Waals surface area contributed by atoms with E-state index in [1.54, 1.807) is 18.3 Å². The fourth-order valence-corrected chi connectivity index (χ4v) is 6.20. The zero-order chi connectivity index (χ0) is 18.3. The Labute approximate surface area is 160 Å². The lowest BCUT2D eigenvalue weighted by Crippen LogP contribution is -2.35. The summed E-state index contributed by atoms with van der Waals surface area (Å²) in [7, 11) is 0. The lowest BCUT2D eigenvalue weighted by atomic mass is 9.65. The Bertz CT molecular complexity index is 966. The Hall–Kier alpha value is -1.67. The van der Waals surface area contributed by atoms with Gasteiger partial charge in [-0.2, -0.15) is 4.68 Å². The van der Waals surface area contributed by atoms with Crippen molar-refractivity contribution in [2.75, 3.05) is 12.0 Å². The molecule has 2 aromatic rings. The van der Waals surface area contributed by atoms with Crippen LogP contribution in [0.5, 0.6) is 0 Å². The lowest BCUT2D eigenvalue weighted by Gasteiger charge is -2.40. The third-order valence-corrected chi connectivity index (χ3v) is 7.20. The van der Waals surface area contributed by atoms with Crippen molar-refractivity contribution in [2.45, 2.75) is 58.3 Å². The van der Waals surface area contributed by atoms with Crippen molar-refractivity contribution < 1.29 is 9.53 Å². The van der Waals surface area contributed by atoms with Gasteiger partial charge in [-0.15, -0.1) is 11.3 Å². The molecule has 6 nitrogen and oxygen atoms in total. The Kier molecular flexibility index (Phi) is 4.64. The third kappa shape index (κ3) is 2.99. The van der Waals surface area contributed by atoms with Crippen molar-refractivity contribution in [3.05, 3.63) is 25.6 Å². The van der Waals surface area contributed by atoms with Gasteiger partial charge in [-0.25, -0.2) is 10.2 Å². The van der Waals surface area contributed by atoms with Crippen LogP contribution in [0.2, 0.25) is 0 Å². The van der Waals surface area contributed by atoms with Crippen LogP contribution in [0.1, 0.15) is 55.9 Å². The molecule has 2 heterocycles. The second-order valence-electron chi connectivity index (χ2n) is 7.35. The molecule has 4 rings (SSSR count). The van der Waals surface area contributed by atoms with Crippen LogP contribution in [-0.2, 0) is 17.6 Å². The van der Waals surface area contributed by atoms with Gasteiger partial charge < -0.3 is 9.72 Å². The number of amides is 1. The van der Waals surface area contributed by atoms with Crippen molar-refractivity contribution in [3.63, 3.8) is 0 Å². The molecular weight excluding hydrogens is 370 g/mol. The van der Waals surface area contributed by atoms with E-state index in [-0.39, 0.29) is 16.9 Å². The van der Waals surface area contributed by atoms with Crippen LogP contribution in [0.25, 0.3) is 10.2 Å². The molecule has 2 aliphatic rings. The summed E-state index contributed by atoms with van der Waals surface area (Å²) in [6.45, 7) is 1.94. The van der Waals surface area contributed by atoms with E-state index in [1.807, 2.05) is 0 Å². The van der Waals surface area contributed by atoms with Gasteiger partial charge >= 0.3 is 6.09 Å². The zero-order valence-electron chi connectivity index (χ0n) is 14.9. The van der Waals surface area contributed by atoms with E-state index < -0.39 is 6.09 Å². The van der Waals surface area contributed by atoms with E-state index in [1.165, 1.54) is 37.0 Å². The minimum atomic E-state index is -0.682. The summed E-state index contributed by atoms with van der Waals surface area (Å²) in [5.41, 5.74) is 3.73. The van der Waals surface area contributed by atoms with Gasteiger partial charge in [0.25, 0.3) is 5.56 Å². The number of nitrogens with one attached hydrogen (secondary N) is 2. The summed E-state index contributed by atoms with van der Waals surface area (Å²) in [4.78, 5) is 30.0. The first-order valence-electron chi connectivity index (χ1n) is 9.26. The van der Waals surface area contributed by atoms with Crippen LogP contribution < -0.4 is 11.0 Å². The zero-order valence-corrected chi connectivity index (χ0v) is 16.5. The van der Waals surface area contributed by atoms with Gasteiger partial charge in [0.1, 0.15) is 4.83 Å². The molecule has 2 aliphatic carbocycles. The van der Waals surface area contributed by atoms with Crippen molar-refractivity contribution in [1.29, 1.82) is 0 Å². The number of aromatic amines is 1. The van der Waals surface area contributed by atoms with E-state index in [2.05, 4.69) is 10.4 Å². The predicted octanol–water partition coefficient (Wildman–Crippen LogP) is 4.26. The third-order valence-electron chi connectivity index (χ3n) is 5.76. The summed E-state index contributed by atoms with van der Waals surface area (Å²) in [6.07, 6.45) is 9.03. The molecule has 0 aliphatic heterocycles. The Morgan fingerprint density at radius 3 is 2.85 bits per heavy atom. The maximum Gasteiger partial charge on any atom is 0.426 e. The van der Waals surface area contributed by atoms with Crippen LogP contribution in [0, 0.1) is 10.2 Å². The number of H-pyrrole nitrogens is 1. The average Bonchev–Trinajstić information content (AvgIpc) is 2.96.